The van der Waals surface area contributed by atoms with Crippen molar-refractivity contribution in [2.75, 3.05) is 13.1 Å². The lowest BCUT2D eigenvalue weighted by molar-refractivity contribution is 0.261. The first-order valence-electron chi connectivity index (χ1n) is 5.76. The zero-order valence-corrected chi connectivity index (χ0v) is 13.4. The lowest BCUT2D eigenvalue weighted by Gasteiger charge is -2.35. The van der Waals surface area contributed by atoms with Crippen LogP contribution < -0.4 is 5.32 Å². The molecule has 0 aromatic carbocycles. The number of aryl methyl sites for hydroxylation is 1. The van der Waals surface area contributed by atoms with Gasteiger partial charge in [-0.15, -0.1) is 12.4 Å². The van der Waals surface area contributed by atoms with Gasteiger partial charge in [0.15, 0.2) is 5.03 Å². The first-order valence-corrected chi connectivity index (χ1v) is 7.58. The Kier molecular flexibility index (Phi) is 5.25. The van der Waals surface area contributed by atoms with Gasteiger partial charge in [0.05, 0.1) is 11.2 Å². The van der Waals surface area contributed by atoms with Crippen LogP contribution in [0.1, 0.15) is 13.8 Å². The Morgan fingerprint density at radius 3 is 2.32 bits per heavy atom. The van der Waals surface area contributed by atoms with Gasteiger partial charge in [-0.05, 0) is 13.8 Å². The lowest BCUT2D eigenvalue weighted by atomic mass is 10.2. The lowest BCUT2D eigenvalue weighted by Crippen LogP contribution is -2.55. The van der Waals surface area contributed by atoms with E-state index in [1.54, 1.807) is 7.05 Å². The molecule has 1 fully saturated rings. The summed E-state index contributed by atoms with van der Waals surface area (Å²) in [6, 6.07) is 0.242. The van der Waals surface area contributed by atoms with Crippen LogP contribution in [0, 0.1) is 0 Å². The van der Waals surface area contributed by atoms with E-state index in [-0.39, 0.29) is 34.5 Å². The van der Waals surface area contributed by atoms with Gasteiger partial charge in [0.25, 0.3) is 10.0 Å². The molecule has 0 bridgehead atoms. The van der Waals surface area contributed by atoms with Crippen LogP contribution >= 0.6 is 24.0 Å². The molecule has 9 heteroatoms. The Labute approximate surface area is 124 Å². The number of hydrogen-bond donors (Lipinski definition) is 1. The topological polar surface area (TPSA) is 67.2 Å². The number of aromatic nitrogens is 2. The van der Waals surface area contributed by atoms with Gasteiger partial charge in [0.1, 0.15) is 0 Å². The van der Waals surface area contributed by atoms with Crippen LogP contribution in [-0.2, 0) is 17.1 Å². The Balaban J connectivity index is 0.00000180. The minimum Gasteiger partial charge on any atom is -0.309 e. The minimum atomic E-state index is -3.58. The summed E-state index contributed by atoms with van der Waals surface area (Å²) in [4.78, 5) is 0. The Hall–Kier alpha value is -0.340. The molecule has 1 aromatic rings. The second kappa shape index (κ2) is 5.97. The first-order chi connectivity index (χ1) is 8.32. The van der Waals surface area contributed by atoms with E-state index in [0.717, 1.165) is 0 Å². The van der Waals surface area contributed by atoms with E-state index >= 15 is 0 Å². The normalized spacial score (nSPS) is 25.1. The Bertz CT molecular complexity index is 516. The monoisotopic (exact) mass is 328 g/mol. The third kappa shape index (κ3) is 3.22. The van der Waals surface area contributed by atoms with Crippen molar-refractivity contribution >= 4 is 34.0 Å². The minimum absolute atomic E-state index is 0. The molecular weight excluding hydrogens is 311 g/mol. The van der Waals surface area contributed by atoms with E-state index in [4.69, 9.17) is 11.6 Å². The Morgan fingerprint density at radius 1 is 1.37 bits per heavy atom. The van der Waals surface area contributed by atoms with E-state index in [1.807, 2.05) is 13.8 Å². The van der Waals surface area contributed by atoms with Crippen molar-refractivity contribution in [3.8, 4) is 0 Å². The molecule has 6 nitrogen and oxygen atoms in total. The summed E-state index contributed by atoms with van der Waals surface area (Å²) in [5, 5.41) is 7.40. The summed E-state index contributed by atoms with van der Waals surface area (Å²) in [7, 11) is -2.01. The summed E-state index contributed by atoms with van der Waals surface area (Å²) in [5.41, 5.74) is 0. The highest BCUT2D eigenvalue weighted by atomic mass is 35.5. The standard InChI is InChI=1S/C10H17ClN4O2S.ClH/c1-7-5-15(6-8(2)13-7)18(16,17)10-9(11)4-12-14(10)3;/h4,7-8,13H,5-6H2,1-3H3;1H. The van der Waals surface area contributed by atoms with Crippen LogP contribution in [-0.4, -0.2) is 47.7 Å². The molecule has 2 unspecified atom stereocenters. The van der Waals surface area contributed by atoms with E-state index in [0.29, 0.717) is 13.1 Å². The quantitative estimate of drug-likeness (QED) is 0.874. The van der Waals surface area contributed by atoms with E-state index in [9.17, 15) is 8.42 Å². The van der Waals surface area contributed by atoms with Crippen molar-refractivity contribution in [3.05, 3.63) is 11.2 Å². The SMILES string of the molecule is CC1CN(S(=O)(=O)c2c(Cl)cnn2C)CC(C)N1.Cl. The third-order valence-corrected chi connectivity index (χ3v) is 5.29. The third-order valence-electron chi connectivity index (χ3n) is 2.95. The molecule has 1 aliphatic heterocycles. The number of nitrogens with zero attached hydrogens (tertiary/aromatic N) is 3. The van der Waals surface area contributed by atoms with Gasteiger partial charge < -0.3 is 5.32 Å². The predicted octanol–water partition coefficient (Wildman–Crippen LogP) is 0.866. The second-order valence-electron chi connectivity index (χ2n) is 4.71. The number of piperazine rings is 1. The van der Waals surface area contributed by atoms with Gasteiger partial charge in [-0.1, -0.05) is 11.6 Å². The van der Waals surface area contributed by atoms with Crippen LogP contribution in [0.2, 0.25) is 5.02 Å². The molecule has 1 aliphatic rings. The highest BCUT2D eigenvalue weighted by Gasteiger charge is 2.34. The number of rotatable bonds is 2. The molecule has 1 saturated heterocycles. The average molecular weight is 329 g/mol. The van der Waals surface area contributed by atoms with Gasteiger partial charge >= 0.3 is 0 Å². The summed E-state index contributed by atoms with van der Waals surface area (Å²) in [5.74, 6) is 0. The van der Waals surface area contributed by atoms with Gasteiger partial charge in [-0.2, -0.15) is 9.40 Å². The first kappa shape index (κ1) is 16.7. The molecule has 2 rings (SSSR count). The van der Waals surface area contributed by atoms with E-state index in [1.165, 1.54) is 15.2 Å². The van der Waals surface area contributed by atoms with Crippen LogP contribution in [0.5, 0.6) is 0 Å². The zero-order chi connectivity index (χ0) is 13.5. The maximum atomic E-state index is 12.5. The summed E-state index contributed by atoms with van der Waals surface area (Å²) < 4.78 is 27.8. The highest BCUT2D eigenvalue weighted by molar-refractivity contribution is 7.89. The molecule has 1 aromatic heterocycles. The highest BCUT2D eigenvalue weighted by Crippen LogP contribution is 2.24. The number of sulfonamides is 1. The van der Waals surface area contributed by atoms with Gasteiger partial charge in [-0.3, -0.25) is 4.68 Å². The van der Waals surface area contributed by atoms with Gasteiger partial charge in [0, 0.05) is 32.2 Å². The molecule has 2 heterocycles. The molecule has 2 atom stereocenters. The average Bonchev–Trinajstić information content (AvgIpc) is 2.57. The van der Waals surface area contributed by atoms with Crippen molar-refractivity contribution in [2.24, 2.45) is 7.05 Å². The molecule has 0 amide bonds. The largest absolute Gasteiger partial charge is 0.309 e. The van der Waals surface area contributed by atoms with Crippen LogP contribution in [0.3, 0.4) is 0 Å². The second-order valence-corrected chi connectivity index (χ2v) is 6.97. The molecule has 0 radical (unpaired) electrons. The maximum Gasteiger partial charge on any atom is 0.261 e. The molecule has 0 saturated carbocycles. The van der Waals surface area contributed by atoms with Crippen molar-refractivity contribution in [1.29, 1.82) is 0 Å². The van der Waals surface area contributed by atoms with Crippen molar-refractivity contribution in [3.63, 3.8) is 0 Å². The summed E-state index contributed by atoms with van der Waals surface area (Å²) in [6.45, 7) is 4.80. The van der Waals surface area contributed by atoms with Crippen molar-refractivity contribution in [2.45, 2.75) is 31.0 Å². The fourth-order valence-corrected chi connectivity index (χ4v) is 4.51. The van der Waals surface area contributed by atoms with Crippen LogP contribution in [0.4, 0.5) is 0 Å². The molecule has 1 N–H and O–H groups in total. The number of halogens is 2. The molecule has 0 aliphatic carbocycles. The smallest absolute Gasteiger partial charge is 0.261 e. The maximum absolute atomic E-state index is 12.5. The molecule has 110 valence electrons. The number of nitrogens with one attached hydrogen (secondary N) is 1. The van der Waals surface area contributed by atoms with E-state index < -0.39 is 10.0 Å². The number of hydrogen-bond acceptors (Lipinski definition) is 4. The van der Waals surface area contributed by atoms with Crippen molar-refractivity contribution in [1.82, 2.24) is 19.4 Å². The van der Waals surface area contributed by atoms with Crippen molar-refractivity contribution < 1.29 is 8.42 Å². The van der Waals surface area contributed by atoms with Crippen LogP contribution in [0.15, 0.2) is 11.2 Å². The molecule has 19 heavy (non-hydrogen) atoms. The fraction of sp³-hybridized carbons (Fsp3) is 0.700. The molecular formula is C10H18Cl2N4O2S. The summed E-state index contributed by atoms with van der Waals surface area (Å²) in [6.07, 6.45) is 1.35. The molecule has 0 spiro atoms. The van der Waals surface area contributed by atoms with Gasteiger partial charge in [-0.25, -0.2) is 8.42 Å². The summed E-state index contributed by atoms with van der Waals surface area (Å²) >= 11 is 5.92. The zero-order valence-electron chi connectivity index (χ0n) is 11.0. The predicted molar refractivity (Wildman–Crippen MR) is 76.3 cm³/mol. The Morgan fingerprint density at radius 2 is 1.89 bits per heavy atom. The van der Waals surface area contributed by atoms with Crippen LogP contribution in [0.25, 0.3) is 0 Å². The fourth-order valence-electron chi connectivity index (χ4n) is 2.28. The van der Waals surface area contributed by atoms with E-state index in [2.05, 4.69) is 10.4 Å². The van der Waals surface area contributed by atoms with Gasteiger partial charge in [0.2, 0.25) is 0 Å².